The molecule has 4 nitrogen and oxygen atoms in total. The number of nitrogen functional groups attached to an aromatic ring is 1. The summed E-state index contributed by atoms with van der Waals surface area (Å²) < 4.78 is 19.1. The van der Waals surface area contributed by atoms with E-state index in [-0.39, 0.29) is 5.75 Å². The maximum absolute atomic E-state index is 13.7. The van der Waals surface area contributed by atoms with Crippen LogP contribution < -0.4 is 15.8 Å². The Morgan fingerprint density at radius 3 is 2.71 bits per heavy atom. The van der Waals surface area contributed by atoms with Gasteiger partial charge < -0.3 is 20.9 Å². The Bertz CT molecular complexity index is 474. The molecule has 2 rings (SSSR count). The lowest BCUT2D eigenvalue weighted by molar-refractivity contribution is 0.0167. The summed E-state index contributed by atoms with van der Waals surface area (Å²) >= 11 is 0. The quantitative estimate of drug-likeness (QED) is 0.705. The second-order valence-corrected chi connectivity index (χ2v) is 5.86. The van der Waals surface area contributed by atoms with E-state index in [4.69, 9.17) is 10.5 Å². The second-order valence-electron chi connectivity index (χ2n) is 5.86. The lowest BCUT2D eigenvalue weighted by Gasteiger charge is -2.32. The number of rotatable bonds is 6. The topological polar surface area (TPSA) is 67.5 Å². The van der Waals surface area contributed by atoms with E-state index in [0.29, 0.717) is 24.5 Å². The highest BCUT2D eigenvalue weighted by Gasteiger charge is 2.29. The van der Waals surface area contributed by atoms with E-state index in [1.807, 2.05) is 6.92 Å². The van der Waals surface area contributed by atoms with Gasteiger partial charge in [-0.15, -0.1) is 0 Å². The summed E-state index contributed by atoms with van der Waals surface area (Å²) in [5.41, 5.74) is 6.09. The largest absolute Gasteiger partial charge is 0.490 e. The summed E-state index contributed by atoms with van der Waals surface area (Å²) in [6.07, 6.45) is 5.66. The number of benzene rings is 1. The Morgan fingerprint density at radius 1 is 1.33 bits per heavy atom. The van der Waals surface area contributed by atoms with E-state index in [1.54, 1.807) is 6.07 Å². The van der Waals surface area contributed by atoms with Crippen molar-refractivity contribution < 1.29 is 14.2 Å². The predicted octanol–water partition coefficient (Wildman–Crippen LogP) is 3.30. The third kappa shape index (κ3) is 4.24. The first-order valence-electron chi connectivity index (χ1n) is 7.72. The van der Waals surface area contributed by atoms with E-state index in [2.05, 4.69) is 5.32 Å². The fourth-order valence-corrected chi connectivity index (χ4v) is 2.69. The zero-order chi connectivity index (χ0) is 15.3. The number of nitrogens with two attached hydrogens (primary N) is 1. The van der Waals surface area contributed by atoms with Crippen molar-refractivity contribution in [2.24, 2.45) is 0 Å². The number of hydrogen-bond donors (Lipinski definition) is 3. The van der Waals surface area contributed by atoms with E-state index >= 15 is 0 Å². The molecule has 1 aromatic rings. The molecule has 0 aromatic heterocycles. The van der Waals surface area contributed by atoms with Crippen LogP contribution in [0.25, 0.3) is 0 Å². The molecule has 0 atom stereocenters. The van der Waals surface area contributed by atoms with Crippen LogP contribution in [0.4, 0.5) is 15.8 Å². The van der Waals surface area contributed by atoms with Crippen LogP contribution in [0.1, 0.15) is 45.4 Å². The van der Waals surface area contributed by atoms with Crippen molar-refractivity contribution >= 4 is 11.4 Å². The second kappa shape index (κ2) is 6.98. The molecule has 0 spiro atoms. The Labute approximate surface area is 125 Å². The monoisotopic (exact) mass is 296 g/mol. The summed E-state index contributed by atoms with van der Waals surface area (Å²) in [6, 6.07) is 2.84. The molecule has 1 saturated carbocycles. The molecule has 21 heavy (non-hydrogen) atoms. The highest BCUT2D eigenvalue weighted by atomic mass is 19.1. The summed E-state index contributed by atoms with van der Waals surface area (Å²) in [5.74, 6) is -0.257. The van der Waals surface area contributed by atoms with E-state index in [0.717, 1.165) is 32.1 Å². The van der Waals surface area contributed by atoms with Crippen molar-refractivity contribution in [3.63, 3.8) is 0 Å². The van der Waals surface area contributed by atoms with Crippen LogP contribution in [0.5, 0.6) is 5.75 Å². The minimum atomic E-state index is -0.691. The first-order valence-corrected chi connectivity index (χ1v) is 7.72. The SMILES string of the molecule is CCCOc1cc(NCC2(O)CCCCC2)c(N)cc1F. The lowest BCUT2D eigenvalue weighted by Crippen LogP contribution is -2.38. The zero-order valence-electron chi connectivity index (χ0n) is 12.6. The molecule has 1 aromatic carbocycles. The maximum Gasteiger partial charge on any atom is 0.167 e. The van der Waals surface area contributed by atoms with Crippen LogP contribution in [-0.4, -0.2) is 23.9 Å². The van der Waals surface area contributed by atoms with Crippen molar-refractivity contribution in [2.75, 3.05) is 24.2 Å². The fraction of sp³-hybridized carbons (Fsp3) is 0.625. The van der Waals surface area contributed by atoms with Gasteiger partial charge in [-0.2, -0.15) is 0 Å². The highest BCUT2D eigenvalue weighted by Crippen LogP contribution is 2.31. The summed E-state index contributed by atoms with van der Waals surface area (Å²) in [7, 11) is 0. The number of anilines is 2. The van der Waals surface area contributed by atoms with Gasteiger partial charge in [0, 0.05) is 18.7 Å². The van der Waals surface area contributed by atoms with E-state index < -0.39 is 11.4 Å². The average molecular weight is 296 g/mol. The lowest BCUT2D eigenvalue weighted by atomic mass is 9.85. The standard InChI is InChI=1S/C16H25FN2O2/c1-2-8-21-15-10-14(13(18)9-12(15)17)19-11-16(20)6-4-3-5-7-16/h9-10,19-20H,2-8,11,18H2,1H3. The molecule has 118 valence electrons. The summed E-state index contributed by atoms with van der Waals surface area (Å²) in [4.78, 5) is 0. The van der Waals surface area contributed by atoms with Gasteiger partial charge in [-0.25, -0.2) is 4.39 Å². The van der Waals surface area contributed by atoms with Crippen molar-refractivity contribution in [2.45, 2.75) is 51.0 Å². The van der Waals surface area contributed by atoms with Gasteiger partial charge in [0.25, 0.3) is 0 Å². The minimum Gasteiger partial charge on any atom is -0.490 e. The Morgan fingerprint density at radius 2 is 2.05 bits per heavy atom. The number of ether oxygens (including phenoxy) is 1. The summed E-state index contributed by atoms with van der Waals surface area (Å²) in [6.45, 7) is 2.85. The molecule has 0 heterocycles. The first kappa shape index (κ1) is 15.9. The van der Waals surface area contributed by atoms with Gasteiger partial charge in [-0.3, -0.25) is 0 Å². The zero-order valence-corrected chi connectivity index (χ0v) is 12.6. The van der Waals surface area contributed by atoms with Crippen LogP contribution in [0.3, 0.4) is 0 Å². The van der Waals surface area contributed by atoms with E-state index in [1.165, 1.54) is 12.5 Å². The third-order valence-corrected chi connectivity index (χ3v) is 3.96. The molecule has 0 aliphatic heterocycles. The first-order chi connectivity index (χ1) is 10.0. The Balaban J connectivity index is 2.04. The van der Waals surface area contributed by atoms with Gasteiger partial charge in [-0.1, -0.05) is 26.2 Å². The van der Waals surface area contributed by atoms with Crippen LogP contribution in [0.15, 0.2) is 12.1 Å². The Kier molecular flexibility index (Phi) is 5.28. The molecule has 1 fully saturated rings. The molecule has 0 radical (unpaired) electrons. The van der Waals surface area contributed by atoms with Gasteiger partial charge in [0.2, 0.25) is 0 Å². The van der Waals surface area contributed by atoms with Gasteiger partial charge >= 0.3 is 0 Å². The van der Waals surface area contributed by atoms with Crippen molar-refractivity contribution in [3.8, 4) is 5.75 Å². The van der Waals surface area contributed by atoms with Gasteiger partial charge in [0.15, 0.2) is 11.6 Å². The number of nitrogens with one attached hydrogen (secondary N) is 1. The Hall–Kier alpha value is -1.49. The molecule has 1 aliphatic carbocycles. The van der Waals surface area contributed by atoms with Crippen molar-refractivity contribution in [1.82, 2.24) is 0 Å². The average Bonchev–Trinajstić information content (AvgIpc) is 2.46. The molecule has 0 amide bonds. The molecular weight excluding hydrogens is 271 g/mol. The van der Waals surface area contributed by atoms with Gasteiger partial charge in [-0.05, 0) is 19.3 Å². The third-order valence-electron chi connectivity index (χ3n) is 3.96. The summed E-state index contributed by atoms with van der Waals surface area (Å²) in [5, 5.41) is 13.6. The smallest absolute Gasteiger partial charge is 0.167 e. The minimum absolute atomic E-state index is 0.198. The molecule has 4 N–H and O–H groups in total. The molecule has 1 aliphatic rings. The van der Waals surface area contributed by atoms with Crippen LogP contribution in [-0.2, 0) is 0 Å². The molecule has 0 unspecified atom stereocenters. The fourth-order valence-electron chi connectivity index (χ4n) is 2.69. The number of halogens is 1. The molecular formula is C16H25FN2O2. The van der Waals surface area contributed by atoms with Crippen LogP contribution in [0, 0.1) is 5.82 Å². The highest BCUT2D eigenvalue weighted by molar-refractivity contribution is 5.68. The van der Waals surface area contributed by atoms with Gasteiger partial charge in [0.05, 0.1) is 23.6 Å². The molecule has 0 saturated heterocycles. The van der Waals surface area contributed by atoms with Crippen molar-refractivity contribution in [1.29, 1.82) is 0 Å². The van der Waals surface area contributed by atoms with Gasteiger partial charge in [0.1, 0.15) is 0 Å². The van der Waals surface area contributed by atoms with E-state index in [9.17, 15) is 9.50 Å². The normalized spacial score (nSPS) is 17.5. The van der Waals surface area contributed by atoms with Crippen LogP contribution >= 0.6 is 0 Å². The number of hydrogen-bond acceptors (Lipinski definition) is 4. The number of aliphatic hydroxyl groups is 1. The van der Waals surface area contributed by atoms with Crippen LogP contribution in [0.2, 0.25) is 0 Å². The predicted molar refractivity (Wildman–Crippen MR) is 83.1 cm³/mol. The maximum atomic E-state index is 13.7. The van der Waals surface area contributed by atoms with Crippen molar-refractivity contribution in [3.05, 3.63) is 17.9 Å². The molecule has 0 bridgehead atoms. The molecule has 5 heteroatoms.